The lowest BCUT2D eigenvalue weighted by Gasteiger charge is -2.37. The average Bonchev–Trinajstić information content (AvgIpc) is 2.72. The Kier molecular flexibility index (Phi) is 6.87. The van der Waals surface area contributed by atoms with Gasteiger partial charge in [-0.2, -0.15) is 0 Å². The number of hydrogen-bond donors (Lipinski definition) is 0. The number of halogens is 2. The quantitative estimate of drug-likeness (QED) is 0.480. The monoisotopic (exact) mass is 463 g/mol. The van der Waals surface area contributed by atoms with Gasteiger partial charge in [0, 0.05) is 13.0 Å². The van der Waals surface area contributed by atoms with E-state index in [1.165, 1.54) is 7.11 Å². The molecule has 0 unspecified atom stereocenters. The second-order valence-corrected chi connectivity index (χ2v) is 9.56. The molecule has 1 aliphatic rings. The van der Waals surface area contributed by atoms with E-state index in [4.69, 9.17) is 32.7 Å². The number of nitrogens with zero attached hydrogens (tertiary/aromatic N) is 1. The van der Waals surface area contributed by atoms with Crippen LogP contribution in [0.15, 0.2) is 36.4 Å². The number of hydrogen-bond acceptors (Lipinski definition) is 4. The average molecular weight is 464 g/mol. The number of esters is 1. The van der Waals surface area contributed by atoms with Crippen molar-refractivity contribution in [1.82, 2.24) is 4.90 Å². The molecule has 0 spiro atoms. The summed E-state index contributed by atoms with van der Waals surface area (Å²) < 4.78 is 10.5. The van der Waals surface area contributed by atoms with Gasteiger partial charge in [-0.1, -0.05) is 35.3 Å². The zero-order valence-electron chi connectivity index (χ0n) is 18.4. The number of amides is 1. The smallest absolute Gasteiger partial charge is 0.410 e. The molecule has 2 aromatic rings. The molecule has 0 radical (unpaired) electrons. The fraction of sp³-hybridized carbons (Fsp3) is 0.417. The van der Waals surface area contributed by atoms with Gasteiger partial charge in [0.25, 0.3) is 0 Å². The van der Waals surface area contributed by atoms with Crippen LogP contribution in [-0.2, 0) is 9.47 Å². The Morgan fingerprint density at radius 1 is 1.00 bits per heavy atom. The maximum Gasteiger partial charge on any atom is 0.410 e. The van der Waals surface area contributed by atoms with Gasteiger partial charge in [0.1, 0.15) is 5.60 Å². The van der Waals surface area contributed by atoms with Gasteiger partial charge >= 0.3 is 12.1 Å². The molecular weight excluding hydrogens is 437 g/mol. The van der Waals surface area contributed by atoms with Gasteiger partial charge in [-0.3, -0.25) is 0 Å². The Morgan fingerprint density at radius 3 is 2.32 bits per heavy atom. The Hall–Kier alpha value is -2.24. The Morgan fingerprint density at radius 2 is 1.71 bits per heavy atom. The third-order valence-electron chi connectivity index (χ3n) is 5.47. The van der Waals surface area contributed by atoms with Gasteiger partial charge in [-0.15, -0.1) is 0 Å². The van der Waals surface area contributed by atoms with Crippen LogP contribution in [-0.4, -0.2) is 36.7 Å². The maximum absolute atomic E-state index is 12.8. The zero-order valence-corrected chi connectivity index (χ0v) is 19.9. The lowest BCUT2D eigenvalue weighted by Crippen LogP contribution is -2.38. The maximum atomic E-state index is 12.8. The van der Waals surface area contributed by atoms with Crippen molar-refractivity contribution >= 4 is 35.3 Å². The molecule has 0 fully saturated rings. The molecule has 166 valence electrons. The minimum absolute atomic E-state index is 0.0692. The van der Waals surface area contributed by atoms with Gasteiger partial charge in [0.2, 0.25) is 0 Å². The fourth-order valence-corrected chi connectivity index (χ4v) is 4.31. The molecule has 0 N–H and O–H groups in total. The number of methoxy groups -OCH3 is 1. The second kappa shape index (κ2) is 9.09. The summed E-state index contributed by atoms with van der Waals surface area (Å²) in [6, 6.07) is 10.9. The highest BCUT2D eigenvalue weighted by Crippen LogP contribution is 2.45. The summed E-state index contributed by atoms with van der Waals surface area (Å²) in [5, 5.41) is 1.00. The molecule has 31 heavy (non-hydrogen) atoms. The van der Waals surface area contributed by atoms with E-state index >= 15 is 0 Å². The summed E-state index contributed by atoms with van der Waals surface area (Å²) in [7, 11) is 3.08. The van der Waals surface area contributed by atoms with Crippen LogP contribution in [0.1, 0.15) is 72.6 Å². The summed E-state index contributed by atoms with van der Waals surface area (Å²) in [5.41, 5.74) is 2.83. The van der Waals surface area contributed by atoms with Crippen LogP contribution in [0.2, 0.25) is 10.0 Å². The number of benzene rings is 2. The second-order valence-electron chi connectivity index (χ2n) is 8.75. The fourth-order valence-electron chi connectivity index (χ4n) is 4.00. The standard InChI is InChI=1S/C24H27Cl2NO4/c1-24(2,3)31-23(29)27(4)21-11-9-16(14-7-10-19(25)20(26)13-14)17-8-6-15(12-18(17)21)22(28)30-5/h6-8,10,12-13,16,21H,9,11H2,1-5H3/t16-,21-/m0/s1. The van der Waals surface area contributed by atoms with Crippen LogP contribution in [0.4, 0.5) is 4.79 Å². The van der Waals surface area contributed by atoms with Crippen molar-refractivity contribution in [1.29, 1.82) is 0 Å². The molecule has 1 amide bonds. The summed E-state index contributed by atoms with van der Waals surface area (Å²) >= 11 is 12.4. The van der Waals surface area contributed by atoms with Crippen LogP contribution < -0.4 is 0 Å². The van der Waals surface area contributed by atoms with Gasteiger partial charge in [-0.05, 0) is 74.6 Å². The van der Waals surface area contributed by atoms with Gasteiger partial charge in [0.05, 0.1) is 28.8 Å². The molecule has 0 saturated heterocycles. The topological polar surface area (TPSA) is 55.8 Å². The molecule has 3 rings (SSSR count). The van der Waals surface area contributed by atoms with E-state index in [0.717, 1.165) is 23.1 Å². The minimum atomic E-state index is -0.598. The molecular formula is C24H27Cl2NO4. The summed E-state index contributed by atoms with van der Waals surface area (Å²) in [5.74, 6) is -0.349. The first-order valence-electron chi connectivity index (χ1n) is 10.1. The highest BCUT2D eigenvalue weighted by Gasteiger charge is 2.34. The highest BCUT2D eigenvalue weighted by atomic mass is 35.5. The lowest BCUT2D eigenvalue weighted by atomic mass is 9.76. The first-order chi connectivity index (χ1) is 14.5. The van der Waals surface area contributed by atoms with E-state index in [1.54, 1.807) is 24.1 Å². The molecule has 7 heteroatoms. The van der Waals surface area contributed by atoms with Crippen molar-refractivity contribution < 1.29 is 19.1 Å². The lowest BCUT2D eigenvalue weighted by molar-refractivity contribution is 0.0202. The number of rotatable bonds is 3. The van der Waals surface area contributed by atoms with Gasteiger partial charge in [0.15, 0.2) is 0 Å². The molecule has 0 bridgehead atoms. The van der Waals surface area contributed by atoms with E-state index in [0.29, 0.717) is 22.0 Å². The Bertz CT molecular complexity index is 1000. The van der Waals surface area contributed by atoms with E-state index < -0.39 is 17.7 Å². The SMILES string of the molecule is COC(=O)c1ccc2c(c1)[C@@H](N(C)C(=O)OC(C)(C)C)CC[C@H]2c1ccc(Cl)c(Cl)c1. The van der Waals surface area contributed by atoms with Crippen LogP contribution in [0.5, 0.6) is 0 Å². The molecule has 2 atom stereocenters. The van der Waals surface area contributed by atoms with Crippen LogP contribution in [0.25, 0.3) is 0 Å². The van der Waals surface area contributed by atoms with Crippen molar-refractivity contribution in [2.45, 2.75) is 51.2 Å². The van der Waals surface area contributed by atoms with Crippen LogP contribution in [0.3, 0.4) is 0 Å². The molecule has 1 aliphatic carbocycles. The summed E-state index contributed by atoms with van der Waals surface area (Å²) in [4.78, 5) is 26.5. The van der Waals surface area contributed by atoms with E-state index in [1.807, 2.05) is 45.0 Å². The molecule has 5 nitrogen and oxygen atoms in total. The molecule has 0 saturated carbocycles. The highest BCUT2D eigenvalue weighted by molar-refractivity contribution is 6.42. The Labute approximate surface area is 193 Å². The van der Waals surface area contributed by atoms with Crippen molar-refractivity contribution in [2.24, 2.45) is 0 Å². The number of ether oxygens (including phenoxy) is 2. The van der Waals surface area contributed by atoms with Gasteiger partial charge in [-0.25, -0.2) is 9.59 Å². The molecule has 2 aromatic carbocycles. The number of carbonyl (C=O) groups excluding carboxylic acids is 2. The van der Waals surface area contributed by atoms with Crippen molar-refractivity contribution in [2.75, 3.05) is 14.2 Å². The number of fused-ring (bicyclic) bond motifs is 1. The molecule has 0 heterocycles. The zero-order chi connectivity index (χ0) is 22.9. The molecule has 0 aromatic heterocycles. The summed E-state index contributed by atoms with van der Waals surface area (Å²) in [6.07, 6.45) is 1.11. The third-order valence-corrected chi connectivity index (χ3v) is 6.21. The van der Waals surface area contributed by atoms with Crippen molar-refractivity contribution in [3.05, 3.63) is 68.7 Å². The van der Waals surface area contributed by atoms with Gasteiger partial charge < -0.3 is 14.4 Å². The number of carbonyl (C=O) groups is 2. The van der Waals surface area contributed by atoms with Crippen LogP contribution in [0, 0.1) is 0 Å². The predicted molar refractivity (Wildman–Crippen MR) is 122 cm³/mol. The van der Waals surface area contributed by atoms with Crippen molar-refractivity contribution in [3.63, 3.8) is 0 Å². The minimum Gasteiger partial charge on any atom is -0.465 e. The predicted octanol–water partition coefficient (Wildman–Crippen LogP) is 6.61. The normalized spacial score (nSPS) is 18.2. The van der Waals surface area contributed by atoms with E-state index in [-0.39, 0.29) is 12.0 Å². The first kappa shape index (κ1) is 23.4. The van der Waals surface area contributed by atoms with Crippen LogP contribution >= 0.6 is 23.2 Å². The van der Waals surface area contributed by atoms with E-state index in [9.17, 15) is 9.59 Å². The third kappa shape index (κ3) is 5.16. The van der Waals surface area contributed by atoms with E-state index in [2.05, 4.69) is 0 Å². The largest absolute Gasteiger partial charge is 0.465 e. The summed E-state index contributed by atoms with van der Waals surface area (Å²) in [6.45, 7) is 5.51. The Balaban J connectivity index is 2.04. The first-order valence-corrected chi connectivity index (χ1v) is 10.9. The van der Waals surface area contributed by atoms with Crippen molar-refractivity contribution in [3.8, 4) is 0 Å². The molecule has 0 aliphatic heterocycles.